The third-order valence-corrected chi connectivity index (χ3v) is 6.21. The SMILES string of the molecule is O=C1N(CC2CCC2)CCCC12CCN(Cc1ccc(CO)o1)C2. The van der Waals surface area contributed by atoms with Crippen LogP contribution in [0.15, 0.2) is 16.5 Å². The van der Waals surface area contributed by atoms with Crippen molar-refractivity contribution in [3.63, 3.8) is 0 Å². The second-order valence-corrected chi connectivity index (χ2v) is 7.92. The zero-order chi connectivity index (χ0) is 16.6. The molecule has 1 aromatic rings. The van der Waals surface area contributed by atoms with Crippen molar-refractivity contribution >= 4 is 5.91 Å². The number of aliphatic hydroxyl groups is 1. The van der Waals surface area contributed by atoms with Gasteiger partial charge in [0.25, 0.3) is 0 Å². The van der Waals surface area contributed by atoms with Crippen molar-refractivity contribution in [2.24, 2.45) is 11.3 Å². The Balaban J connectivity index is 1.38. The molecule has 3 fully saturated rings. The Bertz CT molecular complexity index is 595. The molecule has 2 aliphatic heterocycles. The number of hydrogen-bond acceptors (Lipinski definition) is 4. The maximum atomic E-state index is 13.1. The number of carbonyl (C=O) groups excluding carboxylic acids is 1. The summed E-state index contributed by atoms with van der Waals surface area (Å²) in [5.41, 5.74) is -0.158. The smallest absolute Gasteiger partial charge is 0.230 e. The molecular formula is C19H28N2O3. The van der Waals surface area contributed by atoms with Crippen LogP contribution in [-0.4, -0.2) is 47.0 Å². The molecule has 3 heterocycles. The van der Waals surface area contributed by atoms with Crippen molar-refractivity contribution in [3.05, 3.63) is 23.7 Å². The van der Waals surface area contributed by atoms with Gasteiger partial charge in [-0.15, -0.1) is 0 Å². The van der Waals surface area contributed by atoms with Gasteiger partial charge in [-0.05, 0) is 56.7 Å². The van der Waals surface area contributed by atoms with Crippen LogP contribution < -0.4 is 0 Å². The van der Waals surface area contributed by atoms with Gasteiger partial charge in [0, 0.05) is 19.6 Å². The van der Waals surface area contributed by atoms with Gasteiger partial charge in [0.05, 0.1) is 12.0 Å². The van der Waals surface area contributed by atoms with Crippen LogP contribution in [0.5, 0.6) is 0 Å². The van der Waals surface area contributed by atoms with E-state index in [2.05, 4.69) is 9.80 Å². The molecule has 1 aliphatic carbocycles. The Hall–Kier alpha value is -1.33. The molecule has 4 rings (SSSR count). The lowest BCUT2D eigenvalue weighted by Gasteiger charge is -2.42. The highest BCUT2D eigenvalue weighted by Crippen LogP contribution is 2.41. The lowest BCUT2D eigenvalue weighted by atomic mass is 9.77. The lowest BCUT2D eigenvalue weighted by Crippen LogP contribution is -2.51. The maximum Gasteiger partial charge on any atom is 0.230 e. The van der Waals surface area contributed by atoms with Gasteiger partial charge < -0.3 is 14.4 Å². The summed E-state index contributed by atoms with van der Waals surface area (Å²) in [7, 11) is 0. The van der Waals surface area contributed by atoms with Gasteiger partial charge >= 0.3 is 0 Å². The Labute approximate surface area is 143 Å². The zero-order valence-corrected chi connectivity index (χ0v) is 14.4. The van der Waals surface area contributed by atoms with Gasteiger partial charge in [0.2, 0.25) is 5.91 Å². The fourth-order valence-electron chi connectivity index (χ4n) is 4.60. The lowest BCUT2D eigenvalue weighted by molar-refractivity contribution is -0.146. The summed E-state index contributed by atoms with van der Waals surface area (Å²) in [6, 6.07) is 3.76. The first kappa shape index (κ1) is 16.2. The summed E-state index contributed by atoms with van der Waals surface area (Å²) in [5, 5.41) is 9.11. The number of amides is 1. The third-order valence-electron chi connectivity index (χ3n) is 6.21. The first-order valence-electron chi connectivity index (χ1n) is 9.39. The zero-order valence-electron chi connectivity index (χ0n) is 14.4. The molecule has 1 aromatic heterocycles. The van der Waals surface area contributed by atoms with Crippen molar-refractivity contribution in [2.45, 2.75) is 51.7 Å². The topological polar surface area (TPSA) is 56.9 Å². The minimum absolute atomic E-state index is 0.0570. The van der Waals surface area contributed by atoms with Gasteiger partial charge in [-0.2, -0.15) is 0 Å². The second kappa shape index (κ2) is 6.52. The third kappa shape index (κ3) is 3.00. The predicted octanol–water partition coefficient (Wildman–Crippen LogP) is 2.39. The van der Waals surface area contributed by atoms with Crippen LogP contribution in [0.3, 0.4) is 0 Å². The first-order valence-corrected chi connectivity index (χ1v) is 9.39. The summed E-state index contributed by atoms with van der Waals surface area (Å²) in [5.74, 6) is 2.64. The first-order chi connectivity index (χ1) is 11.7. The molecule has 1 saturated carbocycles. The molecule has 132 valence electrons. The van der Waals surface area contributed by atoms with Crippen LogP contribution in [0.2, 0.25) is 0 Å². The number of likely N-dealkylation sites (tertiary alicyclic amines) is 2. The Morgan fingerprint density at radius 1 is 1.17 bits per heavy atom. The number of piperidine rings is 1. The summed E-state index contributed by atoms with van der Waals surface area (Å²) in [6.45, 7) is 4.42. The molecule has 24 heavy (non-hydrogen) atoms. The fourth-order valence-corrected chi connectivity index (χ4v) is 4.60. The van der Waals surface area contributed by atoms with Crippen LogP contribution in [0.25, 0.3) is 0 Å². The standard InChI is InChI=1S/C19H28N2O3/c22-13-17-6-5-16(24-17)12-20-10-8-19(14-20)7-2-9-21(18(19)23)11-15-3-1-4-15/h5-6,15,22H,1-4,7-14H2. The highest BCUT2D eigenvalue weighted by Gasteiger charge is 2.48. The molecular weight excluding hydrogens is 304 g/mol. The van der Waals surface area contributed by atoms with E-state index in [0.29, 0.717) is 11.7 Å². The van der Waals surface area contributed by atoms with Crippen molar-refractivity contribution in [1.29, 1.82) is 0 Å². The number of hydrogen-bond donors (Lipinski definition) is 1. The van der Waals surface area contributed by atoms with E-state index >= 15 is 0 Å². The summed E-state index contributed by atoms with van der Waals surface area (Å²) >= 11 is 0. The van der Waals surface area contributed by atoms with Crippen LogP contribution in [0.1, 0.15) is 50.0 Å². The van der Waals surface area contributed by atoms with Crippen molar-refractivity contribution in [1.82, 2.24) is 9.80 Å². The van der Waals surface area contributed by atoms with Crippen molar-refractivity contribution in [3.8, 4) is 0 Å². The highest BCUT2D eigenvalue weighted by molar-refractivity contribution is 5.84. The van der Waals surface area contributed by atoms with Gasteiger partial charge in [0.1, 0.15) is 18.1 Å². The van der Waals surface area contributed by atoms with Crippen LogP contribution in [-0.2, 0) is 17.9 Å². The molecule has 1 N–H and O–H groups in total. The molecule has 5 nitrogen and oxygen atoms in total. The van der Waals surface area contributed by atoms with Gasteiger partial charge in [-0.25, -0.2) is 0 Å². The fraction of sp³-hybridized carbons (Fsp3) is 0.737. The van der Waals surface area contributed by atoms with E-state index in [4.69, 9.17) is 9.52 Å². The number of carbonyl (C=O) groups is 1. The van der Waals surface area contributed by atoms with E-state index in [1.54, 1.807) is 0 Å². The van der Waals surface area contributed by atoms with Gasteiger partial charge in [0.15, 0.2) is 0 Å². The molecule has 5 heteroatoms. The van der Waals surface area contributed by atoms with Crippen molar-refractivity contribution in [2.75, 3.05) is 26.2 Å². The van der Waals surface area contributed by atoms with Crippen molar-refractivity contribution < 1.29 is 14.3 Å². The molecule has 2 saturated heterocycles. The second-order valence-electron chi connectivity index (χ2n) is 7.92. The molecule has 1 amide bonds. The van der Waals surface area contributed by atoms with Crippen LogP contribution in [0.4, 0.5) is 0 Å². The summed E-state index contributed by atoms with van der Waals surface area (Å²) in [6.07, 6.45) is 7.08. The molecule has 1 spiro atoms. The molecule has 1 unspecified atom stereocenters. The summed E-state index contributed by atoms with van der Waals surface area (Å²) < 4.78 is 5.61. The molecule has 1 atom stereocenters. The predicted molar refractivity (Wildman–Crippen MR) is 90.1 cm³/mol. The average molecular weight is 332 g/mol. The minimum Gasteiger partial charge on any atom is -0.462 e. The highest BCUT2D eigenvalue weighted by atomic mass is 16.4. The van der Waals surface area contributed by atoms with Crippen LogP contribution in [0, 0.1) is 11.3 Å². The molecule has 3 aliphatic rings. The number of furan rings is 1. The van der Waals surface area contributed by atoms with E-state index < -0.39 is 0 Å². The quantitative estimate of drug-likeness (QED) is 0.899. The average Bonchev–Trinajstić information content (AvgIpc) is 3.15. The number of rotatable bonds is 5. The maximum absolute atomic E-state index is 13.1. The monoisotopic (exact) mass is 332 g/mol. The van der Waals surface area contributed by atoms with E-state index in [9.17, 15) is 4.79 Å². The van der Waals surface area contributed by atoms with E-state index in [1.807, 2.05) is 12.1 Å². The largest absolute Gasteiger partial charge is 0.462 e. The van der Waals surface area contributed by atoms with Gasteiger partial charge in [-0.3, -0.25) is 9.69 Å². The molecule has 0 radical (unpaired) electrons. The van der Waals surface area contributed by atoms with Crippen LogP contribution >= 0.6 is 0 Å². The molecule has 0 aromatic carbocycles. The Morgan fingerprint density at radius 3 is 2.71 bits per heavy atom. The number of nitrogens with zero attached hydrogens (tertiary/aromatic N) is 2. The number of aliphatic hydroxyl groups excluding tert-OH is 1. The van der Waals surface area contributed by atoms with E-state index in [1.165, 1.54) is 19.3 Å². The normalized spacial score (nSPS) is 28.7. The molecule has 0 bridgehead atoms. The Morgan fingerprint density at radius 2 is 2.00 bits per heavy atom. The van der Waals surface area contributed by atoms with Gasteiger partial charge in [-0.1, -0.05) is 6.42 Å². The van der Waals surface area contributed by atoms with E-state index in [0.717, 1.165) is 63.7 Å². The summed E-state index contributed by atoms with van der Waals surface area (Å²) in [4.78, 5) is 17.6. The Kier molecular flexibility index (Phi) is 4.39. The van der Waals surface area contributed by atoms with E-state index in [-0.39, 0.29) is 12.0 Å². The minimum atomic E-state index is -0.158.